The molecule has 2 bridgehead atoms. The van der Waals surface area contributed by atoms with Crippen LogP contribution in [-0.2, 0) is 14.3 Å². The zero-order valence-corrected chi connectivity index (χ0v) is 12.0. The van der Waals surface area contributed by atoms with Crippen molar-refractivity contribution in [2.24, 2.45) is 23.7 Å². The molecule has 3 heteroatoms. The van der Waals surface area contributed by atoms with Crippen molar-refractivity contribution < 1.29 is 14.3 Å². The van der Waals surface area contributed by atoms with Crippen LogP contribution in [0.4, 0.5) is 0 Å². The molecule has 108 valence electrons. The normalized spacial score (nSPS) is 36.5. The number of allylic oxidation sites excluding steroid dienone is 1. The summed E-state index contributed by atoms with van der Waals surface area (Å²) >= 11 is 0. The highest BCUT2D eigenvalue weighted by molar-refractivity contribution is 5.88. The molecule has 0 heterocycles. The average molecular weight is 282 g/mol. The number of fused-ring (bicyclic) bond motifs is 1. The van der Waals surface area contributed by atoms with Gasteiger partial charge in [-0.3, -0.25) is 9.59 Å². The molecule has 2 saturated carbocycles. The van der Waals surface area contributed by atoms with E-state index >= 15 is 0 Å². The number of esters is 1. The molecule has 1 aromatic rings. The molecule has 0 amide bonds. The van der Waals surface area contributed by atoms with E-state index in [1.807, 2.05) is 18.2 Å². The van der Waals surface area contributed by atoms with Gasteiger partial charge in [0.15, 0.2) is 0 Å². The number of hydrogen-bond acceptors (Lipinski definition) is 3. The van der Waals surface area contributed by atoms with Gasteiger partial charge in [0.2, 0.25) is 0 Å². The van der Waals surface area contributed by atoms with Crippen molar-refractivity contribution in [1.29, 1.82) is 0 Å². The van der Waals surface area contributed by atoms with Crippen molar-refractivity contribution in [3.8, 4) is 0 Å². The van der Waals surface area contributed by atoms with Gasteiger partial charge in [0.1, 0.15) is 11.9 Å². The molecule has 0 N–H and O–H groups in total. The fourth-order valence-electron chi connectivity index (χ4n) is 4.58. The lowest BCUT2D eigenvalue weighted by Crippen LogP contribution is -2.31. The van der Waals surface area contributed by atoms with Crippen molar-refractivity contribution in [3.05, 3.63) is 42.0 Å². The highest BCUT2D eigenvalue weighted by atomic mass is 16.5. The number of ether oxygens (including phenoxy) is 1. The summed E-state index contributed by atoms with van der Waals surface area (Å²) in [4.78, 5) is 23.7. The van der Waals surface area contributed by atoms with E-state index in [1.165, 1.54) is 18.1 Å². The number of Topliss-reactive ketones (excluding diaryl/α,β-unsaturated/α-hetero) is 1. The maximum Gasteiger partial charge on any atom is 0.302 e. The Morgan fingerprint density at radius 1 is 1.24 bits per heavy atom. The fraction of sp³-hybridized carbons (Fsp3) is 0.444. The van der Waals surface area contributed by atoms with Crippen molar-refractivity contribution in [3.63, 3.8) is 0 Å². The Kier molecular flexibility index (Phi) is 2.78. The summed E-state index contributed by atoms with van der Waals surface area (Å²) in [5, 5.41) is 0. The molecule has 3 aliphatic carbocycles. The molecule has 0 aliphatic heterocycles. The summed E-state index contributed by atoms with van der Waals surface area (Å²) in [5.41, 5.74) is 2.45. The first-order chi connectivity index (χ1) is 10.1. The molecule has 0 saturated heterocycles. The zero-order valence-electron chi connectivity index (χ0n) is 12.0. The van der Waals surface area contributed by atoms with Gasteiger partial charge in [0.25, 0.3) is 0 Å². The molecule has 3 aliphatic rings. The Hall–Kier alpha value is -1.90. The first-order valence-electron chi connectivity index (χ1n) is 7.62. The van der Waals surface area contributed by atoms with E-state index in [2.05, 4.69) is 18.2 Å². The predicted molar refractivity (Wildman–Crippen MR) is 78.2 cm³/mol. The Balaban J connectivity index is 1.77. The van der Waals surface area contributed by atoms with E-state index in [0.29, 0.717) is 18.3 Å². The van der Waals surface area contributed by atoms with Gasteiger partial charge in [0.05, 0.1) is 5.92 Å². The molecular weight excluding hydrogens is 264 g/mol. The van der Waals surface area contributed by atoms with Crippen LogP contribution in [-0.4, -0.2) is 17.9 Å². The number of carbonyl (C=O) groups excluding carboxylic acids is 2. The molecule has 1 aromatic carbocycles. The van der Waals surface area contributed by atoms with Crippen LogP contribution < -0.4 is 0 Å². The molecule has 0 spiro atoms. The van der Waals surface area contributed by atoms with E-state index in [9.17, 15) is 9.59 Å². The predicted octanol–water partition coefficient (Wildman–Crippen LogP) is 2.86. The molecule has 4 rings (SSSR count). The van der Waals surface area contributed by atoms with Gasteiger partial charge in [0, 0.05) is 19.3 Å². The van der Waals surface area contributed by atoms with E-state index in [4.69, 9.17) is 4.74 Å². The van der Waals surface area contributed by atoms with Gasteiger partial charge >= 0.3 is 5.97 Å². The van der Waals surface area contributed by atoms with Crippen molar-refractivity contribution in [1.82, 2.24) is 0 Å². The van der Waals surface area contributed by atoms with Gasteiger partial charge in [-0.1, -0.05) is 36.4 Å². The molecule has 0 radical (unpaired) electrons. The minimum atomic E-state index is -0.281. The van der Waals surface area contributed by atoms with Crippen LogP contribution in [0.15, 0.2) is 36.4 Å². The minimum Gasteiger partial charge on any atom is -0.461 e. The van der Waals surface area contributed by atoms with Crippen LogP contribution in [0.1, 0.15) is 25.3 Å². The van der Waals surface area contributed by atoms with Crippen molar-refractivity contribution in [2.45, 2.75) is 25.9 Å². The Morgan fingerprint density at radius 2 is 2.00 bits per heavy atom. The average Bonchev–Trinajstić information content (AvgIpc) is 2.94. The van der Waals surface area contributed by atoms with Gasteiger partial charge in [-0.25, -0.2) is 0 Å². The van der Waals surface area contributed by atoms with Crippen LogP contribution >= 0.6 is 0 Å². The number of rotatable bonds is 2. The fourth-order valence-corrected chi connectivity index (χ4v) is 4.58. The summed E-state index contributed by atoms with van der Waals surface area (Å²) in [6.07, 6.45) is 3.59. The second kappa shape index (κ2) is 4.55. The Morgan fingerprint density at radius 3 is 2.71 bits per heavy atom. The second-order valence-electron chi connectivity index (χ2n) is 6.43. The van der Waals surface area contributed by atoms with Gasteiger partial charge < -0.3 is 4.74 Å². The minimum absolute atomic E-state index is 0.0821. The molecular formula is C18H18O3. The maximum absolute atomic E-state index is 12.3. The first-order valence-corrected chi connectivity index (χ1v) is 7.62. The zero-order chi connectivity index (χ0) is 14.6. The summed E-state index contributed by atoms with van der Waals surface area (Å²) < 4.78 is 5.58. The lowest BCUT2D eigenvalue weighted by Gasteiger charge is -2.28. The lowest BCUT2D eigenvalue weighted by molar-refractivity contribution is -0.150. The summed E-state index contributed by atoms with van der Waals surface area (Å²) in [6.45, 7) is 1.44. The summed E-state index contributed by atoms with van der Waals surface area (Å²) in [7, 11) is 0. The van der Waals surface area contributed by atoms with Crippen LogP contribution in [0.2, 0.25) is 0 Å². The quantitative estimate of drug-likeness (QED) is 0.783. The van der Waals surface area contributed by atoms with E-state index in [1.54, 1.807) is 0 Å². The molecule has 0 aromatic heterocycles. The third-order valence-electron chi connectivity index (χ3n) is 5.30. The van der Waals surface area contributed by atoms with Crippen LogP contribution in [0.25, 0.3) is 5.57 Å². The topological polar surface area (TPSA) is 43.4 Å². The highest BCUT2D eigenvalue weighted by Crippen LogP contribution is 2.57. The third-order valence-corrected chi connectivity index (χ3v) is 5.30. The van der Waals surface area contributed by atoms with E-state index in [0.717, 1.165) is 6.42 Å². The molecule has 5 atom stereocenters. The largest absolute Gasteiger partial charge is 0.461 e. The lowest BCUT2D eigenvalue weighted by atomic mass is 9.79. The number of carbonyl (C=O) groups is 2. The molecule has 3 nitrogen and oxygen atoms in total. The van der Waals surface area contributed by atoms with Crippen molar-refractivity contribution >= 4 is 17.3 Å². The highest BCUT2D eigenvalue weighted by Gasteiger charge is 2.58. The van der Waals surface area contributed by atoms with E-state index < -0.39 is 0 Å². The van der Waals surface area contributed by atoms with Crippen LogP contribution in [0, 0.1) is 23.7 Å². The molecule has 0 unspecified atom stereocenters. The number of hydrogen-bond donors (Lipinski definition) is 0. The Labute approximate surface area is 124 Å². The van der Waals surface area contributed by atoms with Crippen LogP contribution in [0.5, 0.6) is 0 Å². The summed E-state index contributed by atoms with van der Waals surface area (Å²) in [5.74, 6) is 0.792. The summed E-state index contributed by atoms with van der Waals surface area (Å²) in [6, 6.07) is 10.3. The monoisotopic (exact) mass is 282 g/mol. The number of ketones is 1. The van der Waals surface area contributed by atoms with Gasteiger partial charge in [-0.2, -0.15) is 0 Å². The second-order valence-corrected chi connectivity index (χ2v) is 6.43. The molecule has 21 heavy (non-hydrogen) atoms. The number of benzene rings is 1. The third kappa shape index (κ3) is 1.87. The Bertz CT molecular complexity index is 631. The van der Waals surface area contributed by atoms with Crippen LogP contribution in [0.3, 0.4) is 0 Å². The standard InChI is InChI=1S/C18H18O3/c1-10(19)21-18-15-9-14-12(8-16(20)17(14)18)7-13(15)11-5-3-2-4-6-11/h2-7,12,14-15,17-18H,8-9H2,1H3/t12-,14-,15+,17-,18+/m1/s1. The van der Waals surface area contributed by atoms with E-state index in [-0.39, 0.29) is 29.7 Å². The first kappa shape index (κ1) is 12.8. The maximum atomic E-state index is 12.3. The smallest absolute Gasteiger partial charge is 0.302 e. The SMILES string of the molecule is CC(=O)O[C@@H]1[C@H]2C(=O)C[C@H]3C=C(c4ccccc4)[C@@H]1C[C@@H]23. The van der Waals surface area contributed by atoms with Gasteiger partial charge in [-0.15, -0.1) is 0 Å². The van der Waals surface area contributed by atoms with Gasteiger partial charge in [-0.05, 0) is 29.4 Å². The van der Waals surface area contributed by atoms with Crippen molar-refractivity contribution in [2.75, 3.05) is 0 Å². The molecule has 2 fully saturated rings.